The first kappa shape index (κ1) is 26.2. The second kappa shape index (κ2) is 9.41. The van der Waals surface area contributed by atoms with Gasteiger partial charge in [-0.2, -0.15) is 13.2 Å². The predicted octanol–water partition coefficient (Wildman–Crippen LogP) is 7.85. The number of nitrogen functional groups attached to an aromatic ring is 1. The van der Waals surface area contributed by atoms with E-state index in [1.54, 1.807) is 54.6 Å². The molecule has 2 heterocycles. The third-order valence-electron chi connectivity index (χ3n) is 9.25. The van der Waals surface area contributed by atoms with Gasteiger partial charge in [-0.15, -0.1) is 11.3 Å². The Bertz CT molecular complexity index is 1660. The maximum Gasteiger partial charge on any atom is 0.417 e. The fraction of sp³-hybridized carbons (Fsp3) is 0.344. The Labute approximate surface area is 239 Å². The van der Waals surface area contributed by atoms with Crippen molar-refractivity contribution in [1.29, 1.82) is 0 Å². The summed E-state index contributed by atoms with van der Waals surface area (Å²) in [5.41, 5.74) is 6.32. The zero-order chi connectivity index (χ0) is 28.5. The van der Waals surface area contributed by atoms with Crippen LogP contribution in [0, 0.1) is 17.8 Å². The fourth-order valence-electron chi connectivity index (χ4n) is 7.92. The molecule has 2 aromatic carbocycles. The van der Waals surface area contributed by atoms with E-state index in [1.165, 1.54) is 6.07 Å². The number of thiophene rings is 1. The molecule has 2 aromatic heterocycles. The number of benzene rings is 2. The maximum atomic E-state index is 14.5. The molecule has 0 radical (unpaired) electrons. The monoisotopic (exact) mass is 575 g/mol. The van der Waals surface area contributed by atoms with Crippen molar-refractivity contribution in [3.05, 3.63) is 87.9 Å². The van der Waals surface area contributed by atoms with Gasteiger partial charge >= 0.3 is 6.18 Å². The number of hydrogen-bond acceptors (Lipinski definition) is 5. The van der Waals surface area contributed by atoms with Crippen molar-refractivity contribution >= 4 is 44.6 Å². The van der Waals surface area contributed by atoms with Gasteiger partial charge in [0.2, 0.25) is 0 Å². The van der Waals surface area contributed by atoms with Crippen molar-refractivity contribution in [2.24, 2.45) is 17.8 Å². The van der Waals surface area contributed by atoms with Gasteiger partial charge in [0.15, 0.2) is 5.78 Å². The van der Waals surface area contributed by atoms with E-state index in [-0.39, 0.29) is 43.2 Å². The van der Waals surface area contributed by atoms with Crippen LogP contribution in [0.1, 0.15) is 75.4 Å². The largest absolute Gasteiger partial charge is 0.417 e. The van der Waals surface area contributed by atoms with Crippen molar-refractivity contribution in [2.75, 3.05) is 11.1 Å². The van der Waals surface area contributed by atoms with Gasteiger partial charge in [0.25, 0.3) is 5.91 Å². The summed E-state index contributed by atoms with van der Waals surface area (Å²) in [6.07, 6.45) is 1.45. The lowest BCUT2D eigenvalue weighted by atomic mass is 9.48. The number of hydrogen-bond donors (Lipinski definition) is 2. The van der Waals surface area contributed by atoms with E-state index in [2.05, 4.69) is 5.32 Å². The number of anilines is 2. The number of halogens is 3. The minimum Gasteiger partial charge on any atom is -0.397 e. The summed E-state index contributed by atoms with van der Waals surface area (Å²) in [5, 5.41) is 2.50. The number of carbonyl (C=O) groups excluding carboxylic acids is 2. The fourth-order valence-corrected chi connectivity index (χ4v) is 8.94. The van der Waals surface area contributed by atoms with Crippen LogP contribution >= 0.6 is 11.3 Å². The molecule has 0 spiro atoms. The quantitative estimate of drug-likeness (QED) is 0.237. The molecule has 4 bridgehead atoms. The first-order chi connectivity index (χ1) is 19.6. The lowest BCUT2D eigenvalue weighted by Gasteiger charge is -2.56. The van der Waals surface area contributed by atoms with E-state index in [0.717, 1.165) is 49.9 Å². The number of carbonyl (C=O) groups is 2. The second-order valence-corrected chi connectivity index (χ2v) is 13.0. The number of fused-ring (bicyclic) bond motifs is 1. The summed E-state index contributed by atoms with van der Waals surface area (Å²) >= 11 is 0.877. The van der Waals surface area contributed by atoms with Crippen LogP contribution in [0.4, 0.5) is 24.5 Å². The summed E-state index contributed by atoms with van der Waals surface area (Å²) in [5.74, 6) is 0.666. The third-order valence-corrected chi connectivity index (χ3v) is 10.3. The van der Waals surface area contributed by atoms with Gasteiger partial charge in [0.1, 0.15) is 9.71 Å². The first-order valence-corrected chi connectivity index (χ1v) is 14.7. The number of aromatic nitrogens is 1. The lowest BCUT2D eigenvalue weighted by Crippen LogP contribution is -2.49. The highest BCUT2D eigenvalue weighted by atomic mass is 32.1. The van der Waals surface area contributed by atoms with Crippen LogP contribution in [0.25, 0.3) is 10.2 Å². The highest BCUT2D eigenvalue weighted by Gasteiger charge is 2.53. The van der Waals surface area contributed by atoms with E-state index in [1.807, 2.05) is 0 Å². The van der Waals surface area contributed by atoms with Gasteiger partial charge in [-0.3, -0.25) is 9.59 Å². The van der Waals surface area contributed by atoms with Crippen molar-refractivity contribution in [2.45, 2.75) is 50.1 Å². The minimum absolute atomic E-state index is 0.0531. The van der Waals surface area contributed by atoms with Crippen LogP contribution in [-0.2, 0) is 11.6 Å². The molecule has 9 heteroatoms. The van der Waals surface area contributed by atoms with Gasteiger partial charge in [0, 0.05) is 27.6 Å². The van der Waals surface area contributed by atoms with Crippen LogP contribution in [0.2, 0.25) is 0 Å². The Morgan fingerprint density at radius 3 is 2.17 bits per heavy atom. The molecule has 0 unspecified atom stereocenters. The average molecular weight is 576 g/mol. The zero-order valence-electron chi connectivity index (χ0n) is 22.1. The third kappa shape index (κ3) is 4.41. The molecule has 210 valence electrons. The van der Waals surface area contributed by atoms with Crippen LogP contribution in [-0.4, -0.2) is 16.7 Å². The Balaban J connectivity index is 1.28. The van der Waals surface area contributed by atoms with Crippen LogP contribution in [0.15, 0.2) is 60.7 Å². The summed E-state index contributed by atoms with van der Waals surface area (Å²) in [7, 11) is 0. The molecule has 41 heavy (non-hydrogen) atoms. The molecule has 4 saturated carbocycles. The molecule has 0 atom stereocenters. The number of para-hydroxylation sites is 1. The van der Waals surface area contributed by atoms with E-state index in [4.69, 9.17) is 10.7 Å². The molecule has 0 aliphatic heterocycles. The Hall–Kier alpha value is -3.72. The molecule has 1 amide bonds. The minimum atomic E-state index is -4.66. The normalized spacial score (nSPS) is 25.0. The van der Waals surface area contributed by atoms with Gasteiger partial charge in [-0.1, -0.05) is 42.5 Å². The zero-order valence-corrected chi connectivity index (χ0v) is 22.9. The van der Waals surface area contributed by atoms with E-state index < -0.39 is 17.6 Å². The molecule has 5 nitrogen and oxygen atoms in total. The Morgan fingerprint density at radius 2 is 1.54 bits per heavy atom. The summed E-state index contributed by atoms with van der Waals surface area (Å²) in [4.78, 5) is 31.5. The molecule has 4 fully saturated rings. The number of pyridine rings is 1. The molecular weight excluding hydrogens is 547 g/mol. The number of alkyl halides is 3. The summed E-state index contributed by atoms with van der Waals surface area (Å²) in [6, 6.07) is 16.4. The molecule has 8 rings (SSSR count). The highest BCUT2D eigenvalue weighted by Crippen LogP contribution is 2.61. The molecule has 4 aliphatic rings. The van der Waals surface area contributed by atoms with Crippen molar-refractivity contribution in [3.8, 4) is 0 Å². The number of rotatable bonds is 5. The molecule has 0 saturated heterocycles. The van der Waals surface area contributed by atoms with Crippen molar-refractivity contribution in [3.63, 3.8) is 0 Å². The van der Waals surface area contributed by atoms with E-state index >= 15 is 0 Å². The SMILES string of the molecule is Nc1c(C(=O)Nc2ccccc2C(=O)c2ccccc2)sc2nc(C34CC5CC(CC(C5)C3)C4)cc(C(F)(F)F)c12. The number of nitrogens with two attached hydrogens (primary N) is 1. The molecule has 3 N–H and O–H groups in total. The summed E-state index contributed by atoms with van der Waals surface area (Å²) < 4.78 is 43.5. The topological polar surface area (TPSA) is 85.1 Å². The number of nitrogens with one attached hydrogen (secondary N) is 1. The van der Waals surface area contributed by atoms with Crippen LogP contribution in [0.3, 0.4) is 0 Å². The smallest absolute Gasteiger partial charge is 0.397 e. The number of ketones is 1. The van der Waals surface area contributed by atoms with Crippen molar-refractivity contribution in [1.82, 2.24) is 4.98 Å². The van der Waals surface area contributed by atoms with Gasteiger partial charge in [0.05, 0.1) is 16.9 Å². The van der Waals surface area contributed by atoms with Gasteiger partial charge in [-0.05, 0) is 74.5 Å². The highest BCUT2D eigenvalue weighted by molar-refractivity contribution is 7.21. The lowest BCUT2D eigenvalue weighted by molar-refractivity contribution is -0.136. The molecular formula is C32H28F3N3O2S. The van der Waals surface area contributed by atoms with E-state index in [0.29, 0.717) is 29.0 Å². The maximum absolute atomic E-state index is 14.5. The standard InChI is InChI=1S/C32H28F3N3O2S/c33-32(34,35)22-13-24(31-14-17-10-18(15-31)12-19(11-17)16-31)38-30-25(22)26(36)28(41-30)29(40)37-23-9-5-4-8-21(23)27(39)20-6-2-1-3-7-20/h1-9,13,17-19H,10-12,14-16,36H2,(H,37,40). The molecule has 4 aliphatic carbocycles. The Morgan fingerprint density at radius 1 is 0.927 bits per heavy atom. The molecule has 4 aromatic rings. The van der Waals surface area contributed by atoms with E-state index in [9.17, 15) is 22.8 Å². The number of amides is 1. The second-order valence-electron chi connectivity index (χ2n) is 12.0. The summed E-state index contributed by atoms with van der Waals surface area (Å²) in [6.45, 7) is 0. The average Bonchev–Trinajstić information content (AvgIpc) is 3.28. The van der Waals surface area contributed by atoms with Gasteiger partial charge in [-0.25, -0.2) is 4.98 Å². The Kier molecular flexibility index (Phi) is 6.01. The van der Waals surface area contributed by atoms with Crippen LogP contribution < -0.4 is 11.1 Å². The first-order valence-electron chi connectivity index (χ1n) is 13.9. The van der Waals surface area contributed by atoms with Crippen molar-refractivity contribution < 1.29 is 22.8 Å². The van der Waals surface area contributed by atoms with Crippen LogP contribution in [0.5, 0.6) is 0 Å². The van der Waals surface area contributed by atoms with Gasteiger partial charge < -0.3 is 11.1 Å². The predicted molar refractivity (Wildman–Crippen MR) is 153 cm³/mol. The number of nitrogens with zero attached hydrogens (tertiary/aromatic N) is 1.